The molecule has 0 radical (unpaired) electrons. The molecule has 0 aliphatic carbocycles. The van der Waals surface area contributed by atoms with Crippen molar-refractivity contribution in [2.45, 2.75) is 69.6 Å². The number of alkyl halides is 3. The fourth-order valence-corrected chi connectivity index (χ4v) is 4.17. The number of rotatable bonds is 2. The number of amides is 1. The van der Waals surface area contributed by atoms with E-state index in [0.29, 0.717) is 18.5 Å². The van der Waals surface area contributed by atoms with Gasteiger partial charge in [0.25, 0.3) is 0 Å². The van der Waals surface area contributed by atoms with Crippen molar-refractivity contribution < 1.29 is 35.3 Å². The predicted molar refractivity (Wildman–Crippen MR) is 91.0 cm³/mol. The van der Waals surface area contributed by atoms with Gasteiger partial charge < -0.3 is 8.92 Å². The van der Waals surface area contributed by atoms with E-state index in [0.717, 1.165) is 11.1 Å². The first-order valence-corrected chi connectivity index (χ1v) is 10.2. The number of halogens is 3. The van der Waals surface area contributed by atoms with E-state index in [1.807, 2.05) is 0 Å². The maximum Gasteiger partial charge on any atom is 0.534 e. The molecule has 1 amide bonds. The van der Waals surface area contributed by atoms with Gasteiger partial charge in [-0.2, -0.15) is 26.7 Å². The third-order valence-corrected chi connectivity index (χ3v) is 5.64. The molecule has 1 saturated heterocycles. The van der Waals surface area contributed by atoms with Gasteiger partial charge in [-0.15, -0.1) is 0 Å². The Balaban J connectivity index is 1.98. The van der Waals surface area contributed by atoms with E-state index in [4.69, 9.17) is 4.74 Å². The molecule has 0 N–H and O–H groups in total. The number of fused-ring (bicyclic) bond motifs is 4. The molecule has 28 heavy (non-hydrogen) atoms. The van der Waals surface area contributed by atoms with E-state index in [1.165, 1.54) is 7.05 Å². The lowest BCUT2D eigenvalue weighted by Gasteiger charge is -2.45. The number of carbonyl (C=O) groups excluding carboxylic acids is 1. The fourth-order valence-electron chi connectivity index (χ4n) is 3.66. The summed E-state index contributed by atoms with van der Waals surface area (Å²) in [6.07, 6.45) is 1.59. The van der Waals surface area contributed by atoms with Crippen LogP contribution in [0.2, 0.25) is 0 Å². The second kappa shape index (κ2) is 6.53. The number of nitrogens with zero attached hydrogens (tertiary/aromatic N) is 3. The molecule has 12 heteroatoms. The largest absolute Gasteiger partial charge is 0.534 e. The molecule has 0 aromatic carbocycles. The lowest BCUT2D eigenvalue weighted by molar-refractivity contribution is -0.0502. The SMILES string of the molecule is Cn1nc2c(c1OS(=O)(=O)C(F)(F)F)C[C@H]1CCC[C@@H]2N1C(=O)OC(C)(C)C. The number of carbonyl (C=O) groups is 1. The minimum atomic E-state index is -5.82. The van der Waals surface area contributed by atoms with Crippen LogP contribution in [0.4, 0.5) is 18.0 Å². The summed E-state index contributed by atoms with van der Waals surface area (Å²) in [7, 11) is -4.51. The van der Waals surface area contributed by atoms with Crippen LogP contribution in [0, 0.1) is 0 Å². The number of piperidine rings is 1. The van der Waals surface area contributed by atoms with Crippen molar-refractivity contribution in [2.24, 2.45) is 7.05 Å². The Hall–Kier alpha value is -1.98. The lowest BCUT2D eigenvalue weighted by Crippen LogP contribution is -2.51. The molecule has 0 spiro atoms. The normalized spacial score (nSPS) is 22.6. The minimum absolute atomic E-state index is 0.141. The van der Waals surface area contributed by atoms with E-state index < -0.39 is 39.2 Å². The van der Waals surface area contributed by atoms with Crippen molar-refractivity contribution in [2.75, 3.05) is 0 Å². The quantitative estimate of drug-likeness (QED) is 0.534. The number of ether oxygens (including phenoxy) is 1. The Morgan fingerprint density at radius 2 is 1.86 bits per heavy atom. The Bertz CT molecular complexity index is 889. The molecule has 1 aromatic heterocycles. The van der Waals surface area contributed by atoms with Gasteiger partial charge >= 0.3 is 21.7 Å². The van der Waals surface area contributed by atoms with Crippen molar-refractivity contribution in [3.05, 3.63) is 11.3 Å². The summed E-state index contributed by atoms with van der Waals surface area (Å²) in [6.45, 7) is 5.22. The summed E-state index contributed by atoms with van der Waals surface area (Å²) in [4.78, 5) is 14.2. The molecule has 3 rings (SSSR count). The summed E-state index contributed by atoms with van der Waals surface area (Å²) in [5.74, 6) is -0.465. The van der Waals surface area contributed by atoms with Gasteiger partial charge in [-0.05, 0) is 40.0 Å². The number of hydrogen-bond acceptors (Lipinski definition) is 6. The van der Waals surface area contributed by atoms with E-state index in [1.54, 1.807) is 25.7 Å². The zero-order chi connectivity index (χ0) is 21.1. The minimum Gasteiger partial charge on any atom is -0.444 e. The maximum absolute atomic E-state index is 12.7. The van der Waals surface area contributed by atoms with Crippen molar-refractivity contribution in [1.29, 1.82) is 0 Å². The summed E-state index contributed by atoms with van der Waals surface area (Å²) in [5.41, 5.74) is -5.62. The molecule has 158 valence electrons. The summed E-state index contributed by atoms with van der Waals surface area (Å²) in [5, 5.41) is 4.18. The van der Waals surface area contributed by atoms with E-state index in [2.05, 4.69) is 9.28 Å². The lowest BCUT2D eigenvalue weighted by atomic mass is 9.84. The topological polar surface area (TPSA) is 90.7 Å². The molecule has 1 aromatic rings. The van der Waals surface area contributed by atoms with Gasteiger partial charge in [0.05, 0.1) is 11.7 Å². The van der Waals surface area contributed by atoms with Crippen molar-refractivity contribution in [1.82, 2.24) is 14.7 Å². The second-order valence-corrected chi connectivity index (χ2v) is 9.51. The Kier molecular flexibility index (Phi) is 4.84. The molecule has 0 saturated carbocycles. The van der Waals surface area contributed by atoms with E-state index in [9.17, 15) is 26.4 Å². The van der Waals surface area contributed by atoms with Crippen molar-refractivity contribution >= 4 is 16.2 Å². The standard InChI is InChI=1S/C16H22F3N3O5S/c1-15(2,3)26-14(23)22-9-6-5-7-11(22)12-10(8-9)13(21(4)20-12)27-28(24,25)16(17,18)19/h9,11H,5-8H2,1-4H3/t9-,11+/m1/s1. The molecule has 2 aliphatic rings. The first-order chi connectivity index (χ1) is 12.7. The van der Waals surface area contributed by atoms with Gasteiger partial charge in [0.1, 0.15) is 5.60 Å². The van der Waals surface area contributed by atoms with Gasteiger partial charge in [-0.3, -0.25) is 4.90 Å². The van der Waals surface area contributed by atoms with Gasteiger partial charge in [0, 0.05) is 25.1 Å². The van der Waals surface area contributed by atoms with Gasteiger partial charge in [-0.1, -0.05) is 0 Å². The van der Waals surface area contributed by atoms with Crippen LogP contribution < -0.4 is 4.18 Å². The van der Waals surface area contributed by atoms with Gasteiger partial charge in [0.15, 0.2) is 0 Å². The van der Waals surface area contributed by atoms with Crippen LogP contribution in [-0.4, -0.2) is 46.3 Å². The zero-order valence-electron chi connectivity index (χ0n) is 15.9. The van der Waals surface area contributed by atoms with Gasteiger partial charge in [-0.25, -0.2) is 9.48 Å². The van der Waals surface area contributed by atoms with Crippen molar-refractivity contribution in [3.8, 4) is 5.88 Å². The molecular formula is C16H22F3N3O5S. The summed E-state index contributed by atoms with van der Waals surface area (Å²) >= 11 is 0. The maximum atomic E-state index is 12.7. The van der Waals surface area contributed by atoms with E-state index in [-0.39, 0.29) is 18.0 Å². The molecule has 2 bridgehead atoms. The van der Waals surface area contributed by atoms with Gasteiger partial charge in [0.2, 0.25) is 5.88 Å². The molecule has 2 aliphatic heterocycles. The Morgan fingerprint density at radius 3 is 2.43 bits per heavy atom. The first kappa shape index (κ1) is 20.7. The van der Waals surface area contributed by atoms with Crippen LogP contribution in [0.3, 0.4) is 0 Å². The highest BCUT2D eigenvalue weighted by molar-refractivity contribution is 7.87. The number of aryl methyl sites for hydroxylation is 1. The molecular weight excluding hydrogens is 403 g/mol. The van der Waals surface area contributed by atoms with E-state index >= 15 is 0 Å². The average Bonchev–Trinajstić information content (AvgIpc) is 2.80. The zero-order valence-corrected chi connectivity index (χ0v) is 16.7. The molecule has 8 nitrogen and oxygen atoms in total. The van der Waals surface area contributed by atoms with Crippen LogP contribution >= 0.6 is 0 Å². The third kappa shape index (κ3) is 3.65. The van der Waals surface area contributed by atoms with Crippen LogP contribution in [-0.2, 0) is 28.3 Å². The highest BCUT2D eigenvalue weighted by Crippen LogP contribution is 2.45. The van der Waals surface area contributed by atoms with Crippen LogP contribution in [0.5, 0.6) is 5.88 Å². The summed E-state index contributed by atoms with van der Waals surface area (Å²) < 4.78 is 72.0. The third-order valence-electron chi connectivity index (χ3n) is 4.69. The van der Waals surface area contributed by atoms with Crippen LogP contribution in [0.15, 0.2) is 0 Å². The average molecular weight is 425 g/mol. The smallest absolute Gasteiger partial charge is 0.444 e. The van der Waals surface area contributed by atoms with Crippen LogP contribution in [0.1, 0.15) is 57.3 Å². The summed E-state index contributed by atoms with van der Waals surface area (Å²) in [6, 6.07) is -0.837. The first-order valence-electron chi connectivity index (χ1n) is 8.79. The molecule has 0 unspecified atom stereocenters. The Morgan fingerprint density at radius 1 is 1.21 bits per heavy atom. The molecule has 1 fully saturated rings. The van der Waals surface area contributed by atoms with Crippen molar-refractivity contribution in [3.63, 3.8) is 0 Å². The fraction of sp³-hybridized carbons (Fsp3) is 0.750. The van der Waals surface area contributed by atoms with Crippen LogP contribution in [0.25, 0.3) is 0 Å². The molecule has 3 heterocycles. The number of aromatic nitrogens is 2. The second-order valence-electron chi connectivity index (χ2n) is 7.97. The molecule has 2 atom stereocenters. The highest BCUT2D eigenvalue weighted by atomic mass is 32.2. The number of hydrogen-bond donors (Lipinski definition) is 0. The highest BCUT2D eigenvalue weighted by Gasteiger charge is 2.51. The monoisotopic (exact) mass is 425 g/mol. The predicted octanol–water partition coefficient (Wildman–Crippen LogP) is 3.04. The Labute approximate surface area is 160 Å².